The number of hydrogen-bond acceptors (Lipinski definition) is 5. The Labute approximate surface area is 117 Å². The summed E-state index contributed by atoms with van der Waals surface area (Å²) in [6, 6.07) is 7.02. The van der Waals surface area contributed by atoms with Crippen LogP contribution >= 0.6 is 0 Å². The summed E-state index contributed by atoms with van der Waals surface area (Å²) in [7, 11) is 0. The zero-order chi connectivity index (χ0) is 14.5. The van der Waals surface area contributed by atoms with E-state index in [1.165, 1.54) is 0 Å². The number of hydrogen-bond donors (Lipinski definition) is 1. The third-order valence-electron chi connectivity index (χ3n) is 2.47. The van der Waals surface area contributed by atoms with Crippen LogP contribution in [0.15, 0.2) is 28.8 Å². The van der Waals surface area contributed by atoms with Gasteiger partial charge in [-0.25, -0.2) is 0 Å². The number of nitrogens with one attached hydrogen (secondary N) is 1. The van der Waals surface area contributed by atoms with Gasteiger partial charge in [-0.2, -0.15) is 4.98 Å². The van der Waals surface area contributed by atoms with E-state index in [9.17, 15) is 4.79 Å². The molecule has 1 aromatic carbocycles. The molecule has 0 bridgehead atoms. The van der Waals surface area contributed by atoms with Crippen LogP contribution in [0.4, 0.5) is 0 Å². The molecule has 0 fully saturated rings. The molecule has 0 saturated carbocycles. The van der Waals surface area contributed by atoms with Gasteiger partial charge in [0.1, 0.15) is 5.75 Å². The Kier molecular flexibility index (Phi) is 4.34. The van der Waals surface area contributed by atoms with Crippen molar-refractivity contribution < 1.29 is 14.1 Å². The second-order valence-electron chi connectivity index (χ2n) is 4.67. The molecule has 2 aromatic rings. The van der Waals surface area contributed by atoms with Gasteiger partial charge < -0.3 is 14.6 Å². The number of nitrogens with zero attached hydrogens (tertiary/aromatic N) is 2. The fraction of sp³-hybridized carbons (Fsp3) is 0.357. The summed E-state index contributed by atoms with van der Waals surface area (Å²) in [6.07, 6.45) is 0. The van der Waals surface area contributed by atoms with Crippen LogP contribution in [0.3, 0.4) is 0 Å². The molecule has 0 aliphatic carbocycles. The van der Waals surface area contributed by atoms with E-state index >= 15 is 0 Å². The highest BCUT2D eigenvalue weighted by Gasteiger charge is 2.07. The highest BCUT2D eigenvalue weighted by atomic mass is 16.5. The second-order valence-corrected chi connectivity index (χ2v) is 4.67. The van der Waals surface area contributed by atoms with Gasteiger partial charge in [-0.3, -0.25) is 4.79 Å². The summed E-state index contributed by atoms with van der Waals surface area (Å²) in [5.41, 5.74) is 0.599. The topological polar surface area (TPSA) is 77.2 Å². The van der Waals surface area contributed by atoms with E-state index in [-0.39, 0.29) is 18.6 Å². The molecule has 0 atom stereocenters. The van der Waals surface area contributed by atoms with E-state index in [1.807, 2.05) is 13.8 Å². The van der Waals surface area contributed by atoms with Crippen LogP contribution in [0.25, 0.3) is 0 Å². The highest BCUT2D eigenvalue weighted by Crippen LogP contribution is 2.13. The first-order valence-corrected chi connectivity index (χ1v) is 6.37. The van der Waals surface area contributed by atoms with Crippen LogP contribution in [-0.4, -0.2) is 22.1 Å². The van der Waals surface area contributed by atoms with Crippen molar-refractivity contribution in [3.8, 4) is 5.75 Å². The summed E-state index contributed by atoms with van der Waals surface area (Å²) < 4.78 is 10.4. The summed E-state index contributed by atoms with van der Waals surface area (Å²) in [5.74, 6) is 1.54. The predicted molar refractivity (Wildman–Crippen MR) is 72.4 cm³/mol. The van der Waals surface area contributed by atoms with E-state index in [4.69, 9.17) is 9.26 Å². The first kappa shape index (κ1) is 14.0. The molecule has 6 nitrogen and oxygen atoms in total. The molecule has 20 heavy (non-hydrogen) atoms. The number of ether oxygens (including phenoxy) is 1. The molecule has 1 N–H and O–H groups in total. The number of carbonyl (C=O) groups excluding carboxylic acids is 1. The monoisotopic (exact) mass is 275 g/mol. The first-order chi connectivity index (χ1) is 9.54. The Morgan fingerprint density at radius 2 is 2.05 bits per heavy atom. The summed E-state index contributed by atoms with van der Waals surface area (Å²) >= 11 is 0. The Morgan fingerprint density at radius 3 is 2.60 bits per heavy atom. The van der Waals surface area contributed by atoms with Gasteiger partial charge in [0.25, 0.3) is 5.91 Å². The SMILES string of the molecule is Cc1nc(COc2ccc(C(=O)NC(C)C)cc2)no1. The zero-order valence-corrected chi connectivity index (χ0v) is 11.7. The standard InChI is InChI=1S/C14H17N3O3/c1-9(2)15-14(18)11-4-6-12(7-5-11)19-8-13-16-10(3)20-17-13/h4-7,9H,8H2,1-3H3,(H,15,18). The molecular weight excluding hydrogens is 258 g/mol. The summed E-state index contributed by atoms with van der Waals surface area (Å²) in [6.45, 7) is 5.79. The Bertz CT molecular complexity index is 576. The summed E-state index contributed by atoms with van der Waals surface area (Å²) in [4.78, 5) is 15.8. The minimum Gasteiger partial charge on any atom is -0.485 e. The Hall–Kier alpha value is -2.37. The molecule has 6 heteroatoms. The lowest BCUT2D eigenvalue weighted by atomic mass is 10.2. The average molecular weight is 275 g/mol. The third-order valence-corrected chi connectivity index (χ3v) is 2.47. The fourth-order valence-corrected chi connectivity index (χ4v) is 1.60. The van der Waals surface area contributed by atoms with Crippen molar-refractivity contribution in [2.24, 2.45) is 0 Å². The number of aryl methyl sites for hydroxylation is 1. The van der Waals surface area contributed by atoms with Gasteiger partial charge in [0, 0.05) is 18.5 Å². The van der Waals surface area contributed by atoms with E-state index < -0.39 is 0 Å². The van der Waals surface area contributed by atoms with Gasteiger partial charge in [0.05, 0.1) is 0 Å². The van der Waals surface area contributed by atoms with Crippen molar-refractivity contribution in [2.75, 3.05) is 0 Å². The maximum Gasteiger partial charge on any atom is 0.251 e. The molecule has 1 amide bonds. The van der Waals surface area contributed by atoms with Crippen molar-refractivity contribution in [2.45, 2.75) is 33.4 Å². The van der Waals surface area contributed by atoms with Crippen LogP contribution in [0, 0.1) is 6.92 Å². The lowest BCUT2D eigenvalue weighted by Crippen LogP contribution is -2.29. The molecule has 0 radical (unpaired) electrons. The zero-order valence-electron chi connectivity index (χ0n) is 11.7. The molecule has 0 aliphatic heterocycles. The van der Waals surface area contributed by atoms with Crippen LogP contribution in [-0.2, 0) is 6.61 Å². The number of amides is 1. The lowest BCUT2D eigenvalue weighted by Gasteiger charge is -2.09. The van der Waals surface area contributed by atoms with Crippen LogP contribution in [0.1, 0.15) is 35.9 Å². The van der Waals surface area contributed by atoms with Crippen LogP contribution in [0.2, 0.25) is 0 Å². The van der Waals surface area contributed by atoms with Gasteiger partial charge in [-0.1, -0.05) is 5.16 Å². The average Bonchev–Trinajstić information content (AvgIpc) is 2.82. The molecule has 0 spiro atoms. The largest absolute Gasteiger partial charge is 0.485 e. The van der Waals surface area contributed by atoms with Crippen LogP contribution < -0.4 is 10.1 Å². The smallest absolute Gasteiger partial charge is 0.251 e. The molecule has 0 aliphatic rings. The van der Waals surface area contributed by atoms with Crippen molar-refractivity contribution in [1.29, 1.82) is 0 Å². The number of aromatic nitrogens is 2. The summed E-state index contributed by atoms with van der Waals surface area (Å²) in [5, 5.41) is 6.56. The highest BCUT2D eigenvalue weighted by molar-refractivity contribution is 5.94. The van der Waals surface area contributed by atoms with E-state index in [0.717, 1.165) is 0 Å². The van der Waals surface area contributed by atoms with E-state index in [2.05, 4.69) is 15.5 Å². The van der Waals surface area contributed by atoms with Crippen molar-refractivity contribution >= 4 is 5.91 Å². The van der Waals surface area contributed by atoms with Gasteiger partial charge in [-0.05, 0) is 38.1 Å². The van der Waals surface area contributed by atoms with Gasteiger partial charge >= 0.3 is 0 Å². The van der Waals surface area contributed by atoms with Crippen molar-refractivity contribution in [3.63, 3.8) is 0 Å². The van der Waals surface area contributed by atoms with Crippen molar-refractivity contribution in [3.05, 3.63) is 41.5 Å². The number of rotatable bonds is 5. The Morgan fingerprint density at radius 1 is 1.35 bits per heavy atom. The maximum absolute atomic E-state index is 11.8. The molecule has 0 unspecified atom stereocenters. The van der Waals surface area contributed by atoms with Gasteiger partial charge in [0.15, 0.2) is 6.61 Å². The third kappa shape index (κ3) is 3.81. The number of carbonyl (C=O) groups is 1. The quantitative estimate of drug-likeness (QED) is 0.904. The van der Waals surface area contributed by atoms with Crippen LogP contribution in [0.5, 0.6) is 5.75 Å². The Balaban J connectivity index is 1.93. The molecule has 1 heterocycles. The predicted octanol–water partition coefficient (Wildman–Crippen LogP) is 2.10. The lowest BCUT2D eigenvalue weighted by molar-refractivity contribution is 0.0943. The fourth-order valence-electron chi connectivity index (χ4n) is 1.60. The van der Waals surface area contributed by atoms with E-state index in [1.54, 1.807) is 31.2 Å². The van der Waals surface area contributed by atoms with Gasteiger partial charge in [0.2, 0.25) is 11.7 Å². The molecule has 2 rings (SSSR count). The normalized spacial score (nSPS) is 10.6. The molecule has 0 saturated heterocycles. The molecule has 106 valence electrons. The van der Waals surface area contributed by atoms with E-state index in [0.29, 0.717) is 23.0 Å². The van der Waals surface area contributed by atoms with Crippen molar-refractivity contribution in [1.82, 2.24) is 15.5 Å². The van der Waals surface area contributed by atoms with Gasteiger partial charge in [-0.15, -0.1) is 0 Å². The minimum atomic E-state index is -0.0969. The molecule has 1 aromatic heterocycles. The minimum absolute atomic E-state index is 0.0969. The first-order valence-electron chi connectivity index (χ1n) is 6.37. The molecular formula is C14H17N3O3. The maximum atomic E-state index is 11.8. The number of benzene rings is 1. The second kappa shape index (κ2) is 6.18.